The first-order valence-electron chi connectivity index (χ1n) is 11.0. The number of hydrogen-bond donors (Lipinski definition) is 0. The van der Waals surface area contributed by atoms with Gasteiger partial charge in [0.05, 0.1) is 6.61 Å². The lowest BCUT2D eigenvalue weighted by Crippen LogP contribution is -2.27. The van der Waals surface area contributed by atoms with E-state index in [0.29, 0.717) is 13.2 Å². The molecular formula is C24H42O3. The van der Waals surface area contributed by atoms with Crippen LogP contribution in [0.2, 0.25) is 0 Å². The summed E-state index contributed by atoms with van der Waals surface area (Å²) in [6, 6.07) is 0. The SMILES string of the molecule is CCC=CCC=CCC=CCCCCCCC(OCCCC)C(=O)OCC. The second-order valence-electron chi connectivity index (χ2n) is 6.75. The standard InChI is InChI=1S/C24H42O3/c1-4-7-9-10-11-12-13-14-15-16-17-18-19-20-21-23(24(25)26-6-3)27-22-8-5-2/h7,9,11-12,14-15,23H,4-6,8,10,13,16-22H2,1-3H3. The second kappa shape index (κ2) is 21.0. The quantitative estimate of drug-likeness (QED) is 0.147. The molecule has 0 rings (SSSR count). The summed E-state index contributed by atoms with van der Waals surface area (Å²) in [5, 5.41) is 0. The van der Waals surface area contributed by atoms with Gasteiger partial charge in [-0.25, -0.2) is 4.79 Å². The molecule has 1 atom stereocenters. The number of allylic oxidation sites excluding steroid dienone is 6. The smallest absolute Gasteiger partial charge is 0.335 e. The van der Waals surface area contributed by atoms with Crippen molar-refractivity contribution in [3.63, 3.8) is 0 Å². The molecule has 0 fully saturated rings. The molecule has 3 nitrogen and oxygen atoms in total. The minimum Gasteiger partial charge on any atom is -0.464 e. The molecule has 0 saturated carbocycles. The van der Waals surface area contributed by atoms with E-state index in [1.54, 1.807) is 0 Å². The van der Waals surface area contributed by atoms with Crippen LogP contribution in [0.15, 0.2) is 36.5 Å². The fraction of sp³-hybridized carbons (Fsp3) is 0.708. The zero-order valence-electron chi connectivity index (χ0n) is 18.0. The minimum absolute atomic E-state index is 0.199. The van der Waals surface area contributed by atoms with E-state index in [0.717, 1.165) is 57.8 Å². The number of rotatable bonds is 18. The van der Waals surface area contributed by atoms with Gasteiger partial charge in [-0.1, -0.05) is 76.0 Å². The Kier molecular flexibility index (Phi) is 19.9. The van der Waals surface area contributed by atoms with Crippen LogP contribution in [0, 0.1) is 0 Å². The van der Waals surface area contributed by atoms with Crippen LogP contribution in [0.1, 0.15) is 91.4 Å². The lowest BCUT2D eigenvalue weighted by molar-refractivity contribution is -0.157. The molecule has 0 aliphatic carbocycles. The van der Waals surface area contributed by atoms with Crippen molar-refractivity contribution < 1.29 is 14.3 Å². The number of hydrogen-bond acceptors (Lipinski definition) is 3. The minimum atomic E-state index is -0.379. The zero-order chi connectivity index (χ0) is 20.0. The largest absolute Gasteiger partial charge is 0.464 e. The molecule has 0 spiro atoms. The molecule has 156 valence electrons. The summed E-state index contributed by atoms with van der Waals surface area (Å²) in [5.41, 5.74) is 0. The first kappa shape index (κ1) is 25.6. The molecule has 0 aromatic heterocycles. The van der Waals surface area contributed by atoms with Crippen LogP contribution in [0.25, 0.3) is 0 Å². The van der Waals surface area contributed by atoms with E-state index >= 15 is 0 Å². The van der Waals surface area contributed by atoms with Crippen LogP contribution >= 0.6 is 0 Å². The average Bonchev–Trinajstić information content (AvgIpc) is 2.67. The Morgan fingerprint density at radius 2 is 1.48 bits per heavy atom. The number of carbonyl (C=O) groups is 1. The Balaban J connectivity index is 3.71. The van der Waals surface area contributed by atoms with Gasteiger partial charge in [0.2, 0.25) is 0 Å². The first-order valence-corrected chi connectivity index (χ1v) is 11.0. The number of carbonyl (C=O) groups excluding carboxylic acids is 1. The van der Waals surface area contributed by atoms with E-state index in [4.69, 9.17) is 9.47 Å². The molecule has 0 aliphatic heterocycles. The molecule has 1 unspecified atom stereocenters. The highest BCUT2D eigenvalue weighted by molar-refractivity contribution is 5.74. The molecule has 0 aliphatic rings. The number of esters is 1. The van der Waals surface area contributed by atoms with Gasteiger partial charge in [0.15, 0.2) is 6.10 Å². The van der Waals surface area contributed by atoms with Gasteiger partial charge >= 0.3 is 5.97 Å². The molecule has 0 N–H and O–H groups in total. The van der Waals surface area contributed by atoms with Gasteiger partial charge in [0, 0.05) is 6.61 Å². The van der Waals surface area contributed by atoms with Gasteiger partial charge in [-0.2, -0.15) is 0 Å². The maximum absolute atomic E-state index is 11.9. The summed E-state index contributed by atoms with van der Waals surface area (Å²) in [5.74, 6) is -0.199. The summed E-state index contributed by atoms with van der Waals surface area (Å²) in [6.07, 6.45) is 24.7. The summed E-state index contributed by atoms with van der Waals surface area (Å²) in [4.78, 5) is 11.9. The van der Waals surface area contributed by atoms with E-state index in [1.807, 2.05) is 6.92 Å². The van der Waals surface area contributed by atoms with Crippen molar-refractivity contribution in [1.29, 1.82) is 0 Å². The van der Waals surface area contributed by atoms with Crippen molar-refractivity contribution >= 4 is 5.97 Å². The summed E-state index contributed by atoms with van der Waals surface area (Å²) < 4.78 is 10.8. The van der Waals surface area contributed by atoms with Crippen LogP contribution in [0.4, 0.5) is 0 Å². The molecule has 0 heterocycles. The van der Waals surface area contributed by atoms with Crippen LogP contribution in [-0.2, 0) is 14.3 Å². The van der Waals surface area contributed by atoms with Crippen molar-refractivity contribution in [2.24, 2.45) is 0 Å². The lowest BCUT2D eigenvalue weighted by Gasteiger charge is -2.16. The topological polar surface area (TPSA) is 35.5 Å². The van der Waals surface area contributed by atoms with Crippen molar-refractivity contribution in [2.75, 3.05) is 13.2 Å². The van der Waals surface area contributed by atoms with Crippen molar-refractivity contribution in [2.45, 2.75) is 97.5 Å². The molecule has 0 radical (unpaired) electrons. The molecule has 0 amide bonds. The van der Waals surface area contributed by atoms with E-state index < -0.39 is 0 Å². The van der Waals surface area contributed by atoms with Crippen LogP contribution in [0.3, 0.4) is 0 Å². The van der Waals surface area contributed by atoms with E-state index in [-0.39, 0.29) is 12.1 Å². The van der Waals surface area contributed by atoms with Crippen LogP contribution in [-0.4, -0.2) is 25.3 Å². The lowest BCUT2D eigenvalue weighted by atomic mass is 10.1. The molecule has 27 heavy (non-hydrogen) atoms. The molecule has 0 aromatic rings. The maximum Gasteiger partial charge on any atom is 0.335 e. The zero-order valence-corrected chi connectivity index (χ0v) is 18.0. The van der Waals surface area contributed by atoms with Gasteiger partial charge < -0.3 is 9.47 Å². The Labute approximate surface area is 167 Å². The molecule has 0 saturated heterocycles. The molecule has 0 bridgehead atoms. The Morgan fingerprint density at radius 1 is 0.815 bits per heavy atom. The fourth-order valence-corrected chi connectivity index (χ4v) is 2.65. The molecule has 3 heteroatoms. The Bertz CT molecular complexity index is 410. The number of unbranched alkanes of at least 4 members (excludes halogenated alkanes) is 5. The van der Waals surface area contributed by atoms with E-state index in [9.17, 15) is 4.79 Å². The molecular weight excluding hydrogens is 336 g/mol. The monoisotopic (exact) mass is 378 g/mol. The van der Waals surface area contributed by atoms with Gasteiger partial charge in [0.1, 0.15) is 0 Å². The van der Waals surface area contributed by atoms with E-state index in [2.05, 4.69) is 50.3 Å². The highest BCUT2D eigenvalue weighted by Gasteiger charge is 2.19. The Hall–Kier alpha value is -1.35. The number of ether oxygens (including phenoxy) is 2. The third-order valence-corrected chi connectivity index (χ3v) is 4.23. The van der Waals surface area contributed by atoms with Crippen LogP contribution in [0.5, 0.6) is 0 Å². The second-order valence-corrected chi connectivity index (χ2v) is 6.75. The van der Waals surface area contributed by atoms with Crippen molar-refractivity contribution in [1.82, 2.24) is 0 Å². The summed E-state index contributed by atoms with van der Waals surface area (Å²) >= 11 is 0. The predicted octanol–water partition coefficient (Wildman–Crippen LogP) is 6.93. The average molecular weight is 379 g/mol. The highest BCUT2D eigenvalue weighted by Crippen LogP contribution is 2.12. The van der Waals surface area contributed by atoms with Gasteiger partial charge in [-0.05, 0) is 51.9 Å². The predicted molar refractivity (Wildman–Crippen MR) is 116 cm³/mol. The normalized spacial score (nSPS) is 13.1. The van der Waals surface area contributed by atoms with Crippen LogP contribution < -0.4 is 0 Å². The Morgan fingerprint density at radius 3 is 2.15 bits per heavy atom. The summed E-state index contributed by atoms with van der Waals surface area (Å²) in [7, 11) is 0. The maximum atomic E-state index is 11.9. The third-order valence-electron chi connectivity index (χ3n) is 4.23. The van der Waals surface area contributed by atoms with Crippen molar-refractivity contribution in [3.8, 4) is 0 Å². The summed E-state index contributed by atoms with van der Waals surface area (Å²) in [6.45, 7) is 7.19. The van der Waals surface area contributed by atoms with Crippen molar-refractivity contribution in [3.05, 3.63) is 36.5 Å². The first-order chi connectivity index (χ1) is 13.3. The fourth-order valence-electron chi connectivity index (χ4n) is 2.65. The molecule has 0 aromatic carbocycles. The van der Waals surface area contributed by atoms with Gasteiger partial charge in [-0.3, -0.25) is 0 Å². The highest BCUT2D eigenvalue weighted by atomic mass is 16.6. The van der Waals surface area contributed by atoms with Gasteiger partial charge in [-0.15, -0.1) is 0 Å². The van der Waals surface area contributed by atoms with E-state index in [1.165, 1.54) is 12.8 Å². The third kappa shape index (κ3) is 17.8. The van der Waals surface area contributed by atoms with Gasteiger partial charge in [0.25, 0.3) is 0 Å².